The molecule has 0 atom stereocenters. The number of halogens is 2. The lowest BCUT2D eigenvalue weighted by molar-refractivity contribution is -0.122. The number of carbonyl (C=O) groups is 1. The van der Waals surface area contributed by atoms with E-state index in [0.29, 0.717) is 37.3 Å². The van der Waals surface area contributed by atoms with Crippen LogP contribution in [0.1, 0.15) is 11.3 Å². The predicted octanol–water partition coefficient (Wildman–Crippen LogP) is 6.70. The second-order valence-corrected chi connectivity index (χ2v) is 8.91. The first-order valence-electron chi connectivity index (χ1n) is 8.86. The topological polar surface area (TPSA) is 33.5 Å². The monoisotopic (exact) mass is 459 g/mol. The first-order valence-corrected chi connectivity index (χ1v) is 10.8. The van der Waals surface area contributed by atoms with Gasteiger partial charge in [-0.1, -0.05) is 77.5 Å². The van der Waals surface area contributed by atoms with E-state index in [2.05, 4.69) is 0 Å². The van der Waals surface area contributed by atoms with Crippen LogP contribution in [-0.4, -0.2) is 21.7 Å². The van der Waals surface area contributed by atoms with Gasteiger partial charge in [-0.05, 0) is 42.3 Å². The lowest BCUT2D eigenvalue weighted by atomic mass is 10.1. The van der Waals surface area contributed by atoms with E-state index < -0.39 is 0 Å². The van der Waals surface area contributed by atoms with Crippen molar-refractivity contribution in [3.8, 4) is 11.3 Å². The summed E-state index contributed by atoms with van der Waals surface area (Å²) in [6.07, 6.45) is 2.47. The van der Waals surface area contributed by atoms with Gasteiger partial charge < -0.3 is 4.42 Å². The molecule has 0 bridgehead atoms. The molecule has 1 fully saturated rings. The molecule has 0 saturated carbocycles. The van der Waals surface area contributed by atoms with E-state index >= 15 is 0 Å². The van der Waals surface area contributed by atoms with Crippen LogP contribution in [0, 0.1) is 0 Å². The molecule has 3 nitrogen and oxygen atoms in total. The Labute approximate surface area is 188 Å². The maximum Gasteiger partial charge on any atom is 0.266 e. The molecule has 3 aromatic rings. The van der Waals surface area contributed by atoms with Crippen molar-refractivity contribution in [1.29, 1.82) is 0 Å². The first-order chi connectivity index (χ1) is 14.0. The van der Waals surface area contributed by atoms with E-state index in [1.54, 1.807) is 35.2 Å². The van der Waals surface area contributed by atoms with Gasteiger partial charge in [0.2, 0.25) is 0 Å². The Morgan fingerprint density at radius 3 is 2.62 bits per heavy atom. The highest BCUT2D eigenvalue weighted by molar-refractivity contribution is 8.26. The molecule has 29 heavy (non-hydrogen) atoms. The van der Waals surface area contributed by atoms with Crippen molar-refractivity contribution in [1.82, 2.24) is 4.90 Å². The third kappa shape index (κ3) is 4.59. The van der Waals surface area contributed by atoms with Crippen molar-refractivity contribution in [2.24, 2.45) is 0 Å². The molecular weight excluding hydrogens is 445 g/mol. The van der Waals surface area contributed by atoms with Crippen molar-refractivity contribution >= 4 is 63.5 Å². The summed E-state index contributed by atoms with van der Waals surface area (Å²) in [5.74, 6) is 1.07. The Morgan fingerprint density at radius 2 is 1.86 bits per heavy atom. The zero-order valence-corrected chi connectivity index (χ0v) is 18.2. The molecule has 2 heterocycles. The summed E-state index contributed by atoms with van der Waals surface area (Å²) < 4.78 is 6.43. The molecule has 0 N–H and O–H groups in total. The molecule has 0 spiro atoms. The summed E-state index contributed by atoms with van der Waals surface area (Å²) >= 11 is 18.9. The van der Waals surface area contributed by atoms with Gasteiger partial charge in [0.1, 0.15) is 15.8 Å². The zero-order chi connectivity index (χ0) is 20.4. The molecule has 0 aliphatic carbocycles. The number of nitrogens with zero attached hydrogens (tertiary/aromatic N) is 1. The third-order valence-electron chi connectivity index (χ3n) is 4.44. The van der Waals surface area contributed by atoms with Crippen LogP contribution in [-0.2, 0) is 11.2 Å². The van der Waals surface area contributed by atoms with E-state index in [0.717, 1.165) is 12.0 Å². The highest BCUT2D eigenvalue weighted by Gasteiger charge is 2.31. The maximum atomic E-state index is 12.8. The molecule has 1 aromatic heterocycles. The van der Waals surface area contributed by atoms with E-state index in [4.69, 9.17) is 39.8 Å². The molecule has 1 aliphatic heterocycles. The fourth-order valence-electron chi connectivity index (χ4n) is 2.97. The van der Waals surface area contributed by atoms with Crippen molar-refractivity contribution in [2.75, 3.05) is 6.54 Å². The number of thiocarbonyl (C=S) groups is 1. The summed E-state index contributed by atoms with van der Waals surface area (Å²) in [6.45, 7) is 0.551. The summed E-state index contributed by atoms with van der Waals surface area (Å²) in [5, 5.41) is 1.07. The van der Waals surface area contributed by atoms with Gasteiger partial charge in [0.25, 0.3) is 5.91 Å². The van der Waals surface area contributed by atoms with Crippen LogP contribution in [0.4, 0.5) is 0 Å². The van der Waals surface area contributed by atoms with Gasteiger partial charge in [0.05, 0.1) is 9.93 Å². The van der Waals surface area contributed by atoms with Gasteiger partial charge in [0.15, 0.2) is 0 Å². The van der Waals surface area contributed by atoms with Gasteiger partial charge in [-0.15, -0.1) is 0 Å². The second kappa shape index (κ2) is 8.76. The number of hydrogen-bond acceptors (Lipinski definition) is 4. The smallest absolute Gasteiger partial charge is 0.266 e. The SMILES string of the molecule is O=C1C(=Cc2ccc(-c3ccc(Cl)cc3Cl)o2)SC(=S)N1CCc1ccccc1. The number of furan rings is 1. The van der Waals surface area contributed by atoms with E-state index in [-0.39, 0.29) is 5.91 Å². The Kier molecular flexibility index (Phi) is 6.11. The van der Waals surface area contributed by atoms with Crippen LogP contribution in [0.15, 0.2) is 70.0 Å². The molecular formula is C22H15Cl2NO2S2. The van der Waals surface area contributed by atoms with Gasteiger partial charge in [-0.2, -0.15) is 0 Å². The Bertz CT molecular complexity index is 1110. The number of thioether (sulfide) groups is 1. The van der Waals surface area contributed by atoms with Gasteiger partial charge >= 0.3 is 0 Å². The molecule has 0 unspecified atom stereocenters. The first kappa shape index (κ1) is 20.2. The van der Waals surface area contributed by atoms with Gasteiger partial charge in [-0.3, -0.25) is 9.69 Å². The van der Waals surface area contributed by atoms with Crippen LogP contribution < -0.4 is 0 Å². The lowest BCUT2D eigenvalue weighted by Crippen LogP contribution is -2.30. The van der Waals surface area contributed by atoms with Crippen molar-refractivity contribution in [3.63, 3.8) is 0 Å². The fraction of sp³-hybridized carbons (Fsp3) is 0.0909. The van der Waals surface area contributed by atoms with E-state index in [1.807, 2.05) is 36.4 Å². The average Bonchev–Trinajstić information content (AvgIpc) is 3.26. The van der Waals surface area contributed by atoms with Crippen molar-refractivity contribution in [3.05, 3.63) is 86.9 Å². The average molecular weight is 460 g/mol. The highest BCUT2D eigenvalue weighted by atomic mass is 35.5. The minimum atomic E-state index is -0.0987. The van der Waals surface area contributed by atoms with Crippen molar-refractivity contribution < 1.29 is 9.21 Å². The van der Waals surface area contributed by atoms with Crippen molar-refractivity contribution in [2.45, 2.75) is 6.42 Å². The summed E-state index contributed by atoms with van der Waals surface area (Å²) in [4.78, 5) is 15.0. The van der Waals surface area contributed by atoms with Crippen LogP contribution in [0.25, 0.3) is 17.4 Å². The van der Waals surface area contributed by atoms with Crippen LogP contribution in [0.3, 0.4) is 0 Å². The maximum absolute atomic E-state index is 12.8. The molecule has 146 valence electrons. The normalized spacial score (nSPS) is 15.5. The Balaban J connectivity index is 1.49. The van der Waals surface area contributed by atoms with Crippen LogP contribution >= 0.6 is 47.2 Å². The largest absolute Gasteiger partial charge is 0.457 e. The third-order valence-corrected chi connectivity index (χ3v) is 6.36. The predicted molar refractivity (Wildman–Crippen MR) is 124 cm³/mol. The number of hydrogen-bond donors (Lipinski definition) is 0. The van der Waals surface area contributed by atoms with Gasteiger partial charge in [0, 0.05) is 23.2 Å². The lowest BCUT2D eigenvalue weighted by Gasteiger charge is -2.14. The second-order valence-electron chi connectivity index (χ2n) is 6.40. The minimum Gasteiger partial charge on any atom is -0.457 e. The summed E-state index contributed by atoms with van der Waals surface area (Å²) in [5.41, 5.74) is 1.91. The van der Waals surface area contributed by atoms with E-state index in [9.17, 15) is 4.79 Å². The molecule has 0 radical (unpaired) electrons. The number of rotatable bonds is 5. The minimum absolute atomic E-state index is 0.0987. The molecule has 1 saturated heterocycles. The molecule has 4 rings (SSSR count). The Morgan fingerprint density at radius 1 is 1.07 bits per heavy atom. The molecule has 2 aromatic carbocycles. The Hall–Kier alpha value is -2.05. The number of amides is 1. The zero-order valence-electron chi connectivity index (χ0n) is 15.1. The van der Waals surface area contributed by atoms with E-state index in [1.165, 1.54) is 17.3 Å². The molecule has 7 heteroatoms. The number of benzene rings is 2. The van der Waals surface area contributed by atoms with Crippen LogP contribution in [0.5, 0.6) is 0 Å². The van der Waals surface area contributed by atoms with Crippen LogP contribution in [0.2, 0.25) is 10.0 Å². The molecule has 1 aliphatic rings. The highest BCUT2D eigenvalue weighted by Crippen LogP contribution is 2.35. The quantitative estimate of drug-likeness (QED) is 0.314. The fourth-order valence-corrected chi connectivity index (χ4v) is 4.76. The standard InChI is InChI=1S/C22H15Cl2NO2S2/c23-15-6-8-17(18(24)12-15)19-9-7-16(27-19)13-20-21(26)25(22(28)29-20)11-10-14-4-2-1-3-5-14/h1-9,12-13H,10-11H2. The number of carbonyl (C=O) groups excluding carboxylic acids is 1. The molecule has 1 amide bonds. The summed E-state index contributed by atoms with van der Waals surface area (Å²) in [6, 6.07) is 18.9. The van der Waals surface area contributed by atoms with Gasteiger partial charge in [-0.25, -0.2) is 0 Å². The summed E-state index contributed by atoms with van der Waals surface area (Å²) in [7, 11) is 0.